The van der Waals surface area contributed by atoms with Crippen LogP contribution in [-0.4, -0.2) is 20.9 Å². The maximum absolute atomic E-state index is 13.1. The minimum absolute atomic E-state index is 0.240. The van der Waals surface area contributed by atoms with Gasteiger partial charge in [-0.1, -0.05) is 12.1 Å². The summed E-state index contributed by atoms with van der Waals surface area (Å²) in [5.41, 5.74) is 1.67. The van der Waals surface area contributed by atoms with E-state index in [9.17, 15) is 4.39 Å². The molecule has 0 fully saturated rings. The lowest BCUT2D eigenvalue weighted by molar-refractivity contribution is 0.619. The molecule has 0 saturated heterocycles. The summed E-state index contributed by atoms with van der Waals surface area (Å²) in [6, 6.07) is 6.75. The first-order chi connectivity index (χ1) is 9.52. The van der Waals surface area contributed by atoms with Crippen LogP contribution in [0.25, 0.3) is 0 Å². The SMILES string of the molecule is CC(C)NC(=S)Nc1cnn(Cc2cccc(F)c2)c1. The quantitative estimate of drug-likeness (QED) is 0.850. The van der Waals surface area contributed by atoms with E-state index >= 15 is 0 Å². The molecule has 0 aliphatic rings. The smallest absolute Gasteiger partial charge is 0.171 e. The van der Waals surface area contributed by atoms with Gasteiger partial charge in [0.2, 0.25) is 0 Å². The summed E-state index contributed by atoms with van der Waals surface area (Å²) in [4.78, 5) is 0. The molecule has 20 heavy (non-hydrogen) atoms. The predicted octanol–water partition coefficient (Wildman–Crippen LogP) is 2.77. The highest BCUT2D eigenvalue weighted by Gasteiger charge is 2.03. The average Bonchev–Trinajstić information content (AvgIpc) is 2.75. The third kappa shape index (κ3) is 4.31. The zero-order valence-electron chi connectivity index (χ0n) is 11.4. The number of thiocarbonyl (C=S) groups is 1. The molecule has 2 rings (SSSR count). The van der Waals surface area contributed by atoms with E-state index < -0.39 is 0 Å². The standard InChI is InChI=1S/C14H17FN4S/c1-10(2)17-14(20)18-13-7-16-19(9-13)8-11-4-3-5-12(15)6-11/h3-7,9-10H,8H2,1-2H3,(H2,17,18,20). The average molecular weight is 292 g/mol. The molecule has 0 atom stereocenters. The molecule has 0 aliphatic carbocycles. The molecule has 106 valence electrons. The van der Waals surface area contributed by atoms with Crippen molar-refractivity contribution in [3.05, 3.63) is 48.0 Å². The first-order valence-corrected chi connectivity index (χ1v) is 6.78. The van der Waals surface area contributed by atoms with Gasteiger partial charge in [0, 0.05) is 12.2 Å². The van der Waals surface area contributed by atoms with Crippen molar-refractivity contribution >= 4 is 23.0 Å². The van der Waals surface area contributed by atoms with Crippen LogP contribution in [0.15, 0.2) is 36.7 Å². The Morgan fingerprint density at radius 1 is 1.45 bits per heavy atom. The number of benzene rings is 1. The molecule has 0 spiro atoms. The van der Waals surface area contributed by atoms with Gasteiger partial charge in [-0.2, -0.15) is 5.10 Å². The monoisotopic (exact) mass is 292 g/mol. The maximum atomic E-state index is 13.1. The first kappa shape index (κ1) is 14.5. The maximum Gasteiger partial charge on any atom is 0.171 e. The summed E-state index contributed by atoms with van der Waals surface area (Å²) in [6.07, 6.45) is 3.52. The summed E-state index contributed by atoms with van der Waals surface area (Å²) >= 11 is 5.16. The van der Waals surface area contributed by atoms with E-state index in [1.54, 1.807) is 16.9 Å². The number of anilines is 1. The van der Waals surface area contributed by atoms with Crippen LogP contribution in [-0.2, 0) is 6.54 Å². The van der Waals surface area contributed by atoms with Gasteiger partial charge in [-0.05, 0) is 43.8 Å². The van der Waals surface area contributed by atoms with Crippen LogP contribution in [0.5, 0.6) is 0 Å². The molecular weight excluding hydrogens is 275 g/mol. The Morgan fingerprint density at radius 2 is 2.25 bits per heavy atom. The number of aromatic nitrogens is 2. The van der Waals surface area contributed by atoms with Crippen molar-refractivity contribution in [2.24, 2.45) is 0 Å². The van der Waals surface area contributed by atoms with Gasteiger partial charge in [0.15, 0.2) is 5.11 Å². The van der Waals surface area contributed by atoms with Crippen molar-refractivity contribution < 1.29 is 4.39 Å². The molecular formula is C14H17FN4S. The molecule has 0 unspecified atom stereocenters. The normalized spacial score (nSPS) is 10.6. The van der Waals surface area contributed by atoms with E-state index in [1.807, 2.05) is 26.1 Å². The highest BCUT2D eigenvalue weighted by Crippen LogP contribution is 2.09. The summed E-state index contributed by atoms with van der Waals surface area (Å²) in [5, 5.41) is 10.9. The van der Waals surface area contributed by atoms with Gasteiger partial charge in [0.25, 0.3) is 0 Å². The number of nitrogens with zero attached hydrogens (tertiary/aromatic N) is 2. The van der Waals surface area contributed by atoms with Crippen molar-refractivity contribution in [1.82, 2.24) is 15.1 Å². The van der Waals surface area contributed by atoms with Gasteiger partial charge in [0.1, 0.15) is 5.82 Å². The van der Waals surface area contributed by atoms with Crippen molar-refractivity contribution in [2.45, 2.75) is 26.4 Å². The molecule has 0 aliphatic heterocycles. The number of hydrogen-bond acceptors (Lipinski definition) is 2. The number of halogens is 1. The Kier molecular flexibility index (Phi) is 4.68. The Balaban J connectivity index is 1.97. The molecule has 6 heteroatoms. The zero-order valence-corrected chi connectivity index (χ0v) is 12.2. The largest absolute Gasteiger partial charge is 0.360 e. The van der Waals surface area contributed by atoms with Gasteiger partial charge >= 0.3 is 0 Å². The van der Waals surface area contributed by atoms with E-state index in [1.165, 1.54) is 12.1 Å². The van der Waals surface area contributed by atoms with E-state index in [0.29, 0.717) is 11.7 Å². The second-order valence-electron chi connectivity index (χ2n) is 4.81. The fourth-order valence-electron chi connectivity index (χ4n) is 1.77. The van der Waals surface area contributed by atoms with E-state index in [4.69, 9.17) is 12.2 Å². The first-order valence-electron chi connectivity index (χ1n) is 6.37. The van der Waals surface area contributed by atoms with Gasteiger partial charge in [-0.15, -0.1) is 0 Å². The van der Waals surface area contributed by atoms with Gasteiger partial charge < -0.3 is 10.6 Å². The zero-order chi connectivity index (χ0) is 14.5. The molecule has 4 nitrogen and oxygen atoms in total. The molecule has 1 aromatic heterocycles. The highest BCUT2D eigenvalue weighted by atomic mass is 32.1. The third-order valence-electron chi connectivity index (χ3n) is 2.54. The minimum atomic E-state index is -0.240. The van der Waals surface area contributed by atoms with Gasteiger partial charge in [-0.3, -0.25) is 4.68 Å². The predicted molar refractivity (Wildman–Crippen MR) is 82.2 cm³/mol. The minimum Gasteiger partial charge on any atom is -0.360 e. The van der Waals surface area contributed by atoms with Crippen LogP contribution in [0, 0.1) is 5.82 Å². The number of rotatable bonds is 4. The number of hydrogen-bond donors (Lipinski definition) is 2. The topological polar surface area (TPSA) is 41.9 Å². The lowest BCUT2D eigenvalue weighted by Gasteiger charge is -2.11. The van der Waals surface area contributed by atoms with Crippen molar-refractivity contribution in [3.63, 3.8) is 0 Å². The van der Waals surface area contributed by atoms with Crippen LogP contribution >= 0.6 is 12.2 Å². The van der Waals surface area contributed by atoms with Gasteiger partial charge in [-0.25, -0.2) is 4.39 Å². The van der Waals surface area contributed by atoms with Crippen molar-refractivity contribution in [1.29, 1.82) is 0 Å². The lowest BCUT2D eigenvalue weighted by Crippen LogP contribution is -2.33. The second kappa shape index (κ2) is 6.47. The van der Waals surface area contributed by atoms with Crippen molar-refractivity contribution in [3.8, 4) is 0 Å². The molecule has 0 amide bonds. The number of nitrogens with one attached hydrogen (secondary N) is 2. The van der Waals surface area contributed by atoms with Crippen LogP contribution < -0.4 is 10.6 Å². The third-order valence-corrected chi connectivity index (χ3v) is 2.76. The summed E-state index contributed by atoms with van der Waals surface area (Å²) in [6.45, 7) is 4.55. The fraction of sp³-hybridized carbons (Fsp3) is 0.286. The summed E-state index contributed by atoms with van der Waals surface area (Å²) in [5.74, 6) is -0.240. The molecule has 2 N–H and O–H groups in total. The van der Waals surface area contributed by atoms with Crippen LogP contribution in [0.1, 0.15) is 19.4 Å². The lowest BCUT2D eigenvalue weighted by atomic mass is 10.2. The molecule has 1 heterocycles. The Morgan fingerprint density at radius 3 is 2.95 bits per heavy atom. The summed E-state index contributed by atoms with van der Waals surface area (Å²) < 4.78 is 14.8. The fourth-order valence-corrected chi connectivity index (χ4v) is 2.12. The van der Waals surface area contributed by atoms with Crippen molar-refractivity contribution in [2.75, 3.05) is 5.32 Å². The van der Waals surface area contributed by atoms with E-state index in [0.717, 1.165) is 11.3 Å². The molecule has 2 aromatic rings. The Hall–Kier alpha value is -1.95. The summed E-state index contributed by atoms with van der Waals surface area (Å²) in [7, 11) is 0. The van der Waals surface area contributed by atoms with Gasteiger partial charge in [0.05, 0.1) is 18.4 Å². The van der Waals surface area contributed by atoms with E-state index in [-0.39, 0.29) is 11.9 Å². The van der Waals surface area contributed by atoms with Crippen LogP contribution in [0.2, 0.25) is 0 Å². The Labute approximate surface area is 123 Å². The Bertz CT molecular complexity index is 594. The molecule has 0 radical (unpaired) electrons. The van der Waals surface area contributed by atoms with Crippen LogP contribution in [0.3, 0.4) is 0 Å². The second-order valence-corrected chi connectivity index (χ2v) is 5.22. The molecule has 0 bridgehead atoms. The van der Waals surface area contributed by atoms with E-state index in [2.05, 4.69) is 15.7 Å². The highest BCUT2D eigenvalue weighted by molar-refractivity contribution is 7.80. The molecule has 0 saturated carbocycles. The van der Waals surface area contributed by atoms with Crippen LogP contribution in [0.4, 0.5) is 10.1 Å². The molecule has 1 aromatic carbocycles.